The summed E-state index contributed by atoms with van der Waals surface area (Å²) in [6.07, 6.45) is 3.70. The summed E-state index contributed by atoms with van der Waals surface area (Å²) >= 11 is 1.62. The number of hydrogen-bond acceptors (Lipinski definition) is 5. The lowest BCUT2D eigenvalue weighted by Gasteiger charge is -2.15. The zero-order valence-corrected chi connectivity index (χ0v) is 17.3. The zero-order valence-electron chi connectivity index (χ0n) is 16.5. The number of nitrogens with one attached hydrogen (secondary N) is 1. The van der Waals surface area contributed by atoms with Crippen molar-refractivity contribution < 1.29 is 9.53 Å². The van der Waals surface area contributed by atoms with E-state index in [1.807, 2.05) is 60.1 Å². The number of carbonyl (C=O) groups excluding carboxylic acids is 1. The summed E-state index contributed by atoms with van der Waals surface area (Å²) in [6, 6.07) is 18.4. The summed E-state index contributed by atoms with van der Waals surface area (Å²) in [5.74, 6) is 6.38. The van der Waals surface area contributed by atoms with Gasteiger partial charge in [0.25, 0.3) is 5.91 Å². The van der Waals surface area contributed by atoms with Gasteiger partial charge >= 0.3 is 0 Å². The van der Waals surface area contributed by atoms with Crippen molar-refractivity contribution in [2.45, 2.75) is 0 Å². The van der Waals surface area contributed by atoms with E-state index in [1.54, 1.807) is 43.5 Å². The molecule has 0 aliphatic rings. The lowest BCUT2D eigenvalue weighted by molar-refractivity contribution is 0.102. The van der Waals surface area contributed by atoms with Crippen LogP contribution in [-0.2, 0) is 0 Å². The van der Waals surface area contributed by atoms with Gasteiger partial charge in [-0.3, -0.25) is 4.79 Å². The van der Waals surface area contributed by atoms with Crippen molar-refractivity contribution in [3.05, 3.63) is 83.7 Å². The standard InChI is InChI=1S/C23H21N3O2S/c1-26(29-3)21-11-9-20(10-12-21)25-23(27)18-14-17(15-22(16-18)28-2)7-8-19-6-4-5-13-24-19/h4-6,9-16H,1-3H3,(H,25,27). The summed E-state index contributed by atoms with van der Waals surface area (Å²) in [4.78, 5) is 16.9. The molecule has 0 unspecified atom stereocenters. The Labute approximate surface area is 175 Å². The Kier molecular flexibility index (Phi) is 6.77. The van der Waals surface area contributed by atoms with Gasteiger partial charge in [0.2, 0.25) is 0 Å². The van der Waals surface area contributed by atoms with Crippen LogP contribution in [0.4, 0.5) is 11.4 Å². The first-order valence-electron chi connectivity index (χ1n) is 8.90. The average molecular weight is 404 g/mol. The van der Waals surface area contributed by atoms with Crippen LogP contribution in [0.5, 0.6) is 5.75 Å². The fourth-order valence-electron chi connectivity index (χ4n) is 2.56. The minimum absolute atomic E-state index is 0.226. The van der Waals surface area contributed by atoms with E-state index in [9.17, 15) is 4.79 Å². The Morgan fingerprint density at radius 1 is 1.10 bits per heavy atom. The molecule has 1 heterocycles. The van der Waals surface area contributed by atoms with Crippen molar-refractivity contribution in [3.63, 3.8) is 0 Å². The summed E-state index contributed by atoms with van der Waals surface area (Å²) in [7, 11) is 3.55. The highest BCUT2D eigenvalue weighted by Gasteiger charge is 2.10. The van der Waals surface area contributed by atoms with Crippen molar-refractivity contribution in [1.82, 2.24) is 4.98 Å². The molecule has 2 aromatic carbocycles. The van der Waals surface area contributed by atoms with E-state index in [0.717, 1.165) is 11.4 Å². The van der Waals surface area contributed by atoms with Crippen LogP contribution in [0.2, 0.25) is 0 Å². The number of benzene rings is 2. The number of aromatic nitrogens is 1. The maximum atomic E-state index is 12.7. The number of hydrogen-bond donors (Lipinski definition) is 1. The highest BCUT2D eigenvalue weighted by molar-refractivity contribution is 7.99. The average Bonchev–Trinajstić information content (AvgIpc) is 2.78. The Morgan fingerprint density at radius 3 is 2.55 bits per heavy atom. The molecule has 0 saturated heterocycles. The van der Waals surface area contributed by atoms with E-state index in [0.29, 0.717) is 22.6 Å². The van der Waals surface area contributed by atoms with Gasteiger partial charge in [-0.1, -0.05) is 23.9 Å². The minimum Gasteiger partial charge on any atom is -0.497 e. The monoisotopic (exact) mass is 403 g/mol. The fourth-order valence-corrected chi connectivity index (χ4v) is 2.89. The second-order valence-corrected chi connectivity index (χ2v) is 7.01. The molecule has 6 heteroatoms. The summed E-state index contributed by atoms with van der Waals surface area (Å²) in [6.45, 7) is 0. The second kappa shape index (κ2) is 9.67. The highest BCUT2D eigenvalue weighted by Crippen LogP contribution is 2.22. The third kappa shape index (κ3) is 5.53. The molecule has 0 fully saturated rings. The number of ether oxygens (including phenoxy) is 1. The van der Waals surface area contributed by atoms with Gasteiger partial charge in [0.05, 0.1) is 7.11 Å². The van der Waals surface area contributed by atoms with Crippen LogP contribution in [0.1, 0.15) is 21.6 Å². The first-order valence-corrected chi connectivity index (χ1v) is 10.1. The van der Waals surface area contributed by atoms with E-state index in [2.05, 4.69) is 22.1 Å². The van der Waals surface area contributed by atoms with Crippen LogP contribution >= 0.6 is 11.9 Å². The van der Waals surface area contributed by atoms with E-state index in [1.165, 1.54) is 0 Å². The quantitative estimate of drug-likeness (QED) is 0.504. The maximum Gasteiger partial charge on any atom is 0.255 e. The molecule has 3 rings (SSSR count). The fraction of sp³-hybridized carbons (Fsp3) is 0.130. The Hall–Kier alpha value is -3.43. The van der Waals surface area contributed by atoms with E-state index >= 15 is 0 Å². The number of methoxy groups -OCH3 is 1. The Balaban J connectivity index is 1.80. The summed E-state index contributed by atoms with van der Waals surface area (Å²) in [5.41, 5.74) is 3.59. The van der Waals surface area contributed by atoms with Crippen LogP contribution in [0.3, 0.4) is 0 Å². The first-order chi connectivity index (χ1) is 14.1. The topological polar surface area (TPSA) is 54.5 Å². The van der Waals surface area contributed by atoms with Crippen molar-refractivity contribution >= 4 is 29.2 Å². The maximum absolute atomic E-state index is 12.7. The van der Waals surface area contributed by atoms with Gasteiger partial charge in [-0.15, -0.1) is 0 Å². The minimum atomic E-state index is -0.226. The molecule has 0 aliphatic carbocycles. The van der Waals surface area contributed by atoms with Crippen molar-refractivity contribution in [2.75, 3.05) is 30.0 Å². The van der Waals surface area contributed by atoms with Crippen LogP contribution in [0.25, 0.3) is 0 Å². The third-order valence-corrected chi connectivity index (χ3v) is 4.93. The number of carbonyl (C=O) groups is 1. The molecule has 0 atom stereocenters. The van der Waals surface area contributed by atoms with E-state index in [-0.39, 0.29) is 5.91 Å². The lowest BCUT2D eigenvalue weighted by Crippen LogP contribution is -2.12. The molecular formula is C23H21N3O2S. The molecule has 1 aromatic heterocycles. The molecule has 0 bridgehead atoms. The molecule has 0 aliphatic heterocycles. The largest absolute Gasteiger partial charge is 0.497 e. The highest BCUT2D eigenvalue weighted by atomic mass is 32.2. The molecular weight excluding hydrogens is 382 g/mol. The van der Waals surface area contributed by atoms with Crippen molar-refractivity contribution in [2.24, 2.45) is 0 Å². The molecule has 3 aromatic rings. The Morgan fingerprint density at radius 2 is 1.90 bits per heavy atom. The van der Waals surface area contributed by atoms with E-state index in [4.69, 9.17) is 4.74 Å². The molecule has 0 spiro atoms. The van der Waals surface area contributed by atoms with Gasteiger partial charge in [0.1, 0.15) is 11.4 Å². The number of nitrogens with zero attached hydrogens (tertiary/aromatic N) is 2. The van der Waals surface area contributed by atoms with Gasteiger partial charge in [-0.25, -0.2) is 4.98 Å². The van der Waals surface area contributed by atoms with Crippen LogP contribution in [0, 0.1) is 11.8 Å². The third-order valence-electron chi connectivity index (χ3n) is 4.17. The van der Waals surface area contributed by atoms with Crippen molar-refractivity contribution in [3.8, 4) is 17.6 Å². The number of amides is 1. The van der Waals surface area contributed by atoms with Gasteiger partial charge in [0, 0.05) is 42.0 Å². The molecule has 1 amide bonds. The van der Waals surface area contributed by atoms with Gasteiger partial charge in [-0.2, -0.15) is 0 Å². The van der Waals surface area contributed by atoms with Crippen LogP contribution < -0.4 is 14.4 Å². The molecule has 0 saturated carbocycles. The van der Waals surface area contributed by atoms with Crippen LogP contribution in [0.15, 0.2) is 66.9 Å². The predicted molar refractivity (Wildman–Crippen MR) is 120 cm³/mol. The zero-order chi connectivity index (χ0) is 20.6. The van der Waals surface area contributed by atoms with E-state index < -0.39 is 0 Å². The first kappa shape index (κ1) is 20.3. The molecule has 146 valence electrons. The van der Waals surface area contributed by atoms with Crippen molar-refractivity contribution in [1.29, 1.82) is 0 Å². The van der Waals surface area contributed by atoms with Gasteiger partial charge in [0.15, 0.2) is 0 Å². The SMILES string of the molecule is COc1cc(C#Cc2ccccn2)cc(C(=O)Nc2ccc(N(C)SC)cc2)c1. The lowest BCUT2D eigenvalue weighted by atomic mass is 10.1. The second-order valence-electron chi connectivity index (χ2n) is 6.10. The normalized spacial score (nSPS) is 9.90. The van der Waals surface area contributed by atoms with Gasteiger partial charge in [-0.05, 0) is 60.5 Å². The number of anilines is 2. The van der Waals surface area contributed by atoms with Gasteiger partial charge < -0.3 is 14.4 Å². The summed E-state index contributed by atoms with van der Waals surface area (Å²) in [5, 5.41) is 2.91. The molecule has 29 heavy (non-hydrogen) atoms. The molecule has 1 N–H and O–H groups in total. The smallest absolute Gasteiger partial charge is 0.255 e. The molecule has 0 radical (unpaired) electrons. The van der Waals surface area contributed by atoms with Crippen LogP contribution in [-0.4, -0.2) is 31.3 Å². The predicted octanol–water partition coefficient (Wildman–Crippen LogP) is 4.46. The number of rotatable bonds is 5. The summed E-state index contributed by atoms with van der Waals surface area (Å²) < 4.78 is 7.37. The molecule has 5 nitrogen and oxygen atoms in total. The Bertz CT molecular complexity index is 1040. The number of pyridine rings is 1.